The number of benzene rings is 1. The minimum Gasteiger partial charge on any atom is -0.368 e. The summed E-state index contributed by atoms with van der Waals surface area (Å²) in [6.45, 7) is 0. The van der Waals surface area contributed by atoms with E-state index in [0.29, 0.717) is 11.3 Å². The molecule has 0 aliphatic heterocycles. The van der Waals surface area contributed by atoms with Gasteiger partial charge in [-0.2, -0.15) is 10.2 Å². The van der Waals surface area contributed by atoms with Crippen LogP contribution in [0, 0.1) is 21.4 Å². The molecule has 1 aromatic carbocycles. The highest BCUT2D eigenvalue weighted by molar-refractivity contribution is 6.33. The van der Waals surface area contributed by atoms with Crippen LogP contribution in [-0.2, 0) is 0 Å². The first-order valence-electron chi connectivity index (χ1n) is 5.25. The molecular formula is C11H7ClN6O2. The second-order valence-electron chi connectivity index (χ2n) is 3.65. The van der Waals surface area contributed by atoms with Crippen LogP contribution in [0.1, 0.15) is 5.56 Å². The van der Waals surface area contributed by atoms with Crippen LogP contribution >= 0.6 is 11.6 Å². The molecule has 0 fully saturated rings. The van der Waals surface area contributed by atoms with Crippen molar-refractivity contribution in [2.45, 2.75) is 0 Å². The predicted molar refractivity (Wildman–Crippen MR) is 72.5 cm³/mol. The van der Waals surface area contributed by atoms with Gasteiger partial charge in [0.15, 0.2) is 0 Å². The molecule has 0 radical (unpaired) electrons. The lowest BCUT2D eigenvalue weighted by Gasteiger charge is -2.08. The standard InChI is InChI=1S/C11H7ClN6O2/c12-7-2-1-6(4-13)3-8(7)16-10-9(18(19)20)5-15-11(14)17-10/h1-3,5H,(H3,14,15,16,17). The topological polar surface area (TPSA) is 131 Å². The van der Waals surface area contributed by atoms with Gasteiger partial charge in [-0.05, 0) is 18.2 Å². The summed E-state index contributed by atoms with van der Waals surface area (Å²) in [6.07, 6.45) is 0.993. The molecule has 0 bridgehead atoms. The normalized spacial score (nSPS) is 9.80. The number of nitrogen functional groups attached to an aromatic ring is 1. The van der Waals surface area contributed by atoms with E-state index in [2.05, 4.69) is 15.3 Å². The fourth-order valence-corrected chi connectivity index (χ4v) is 1.60. The number of nitro groups is 1. The summed E-state index contributed by atoms with van der Waals surface area (Å²) in [5.74, 6) is -0.217. The van der Waals surface area contributed by atoms with Crippen molar-refractivity contribution in [1.82, 2.24) is 9.97 Å². The summed E-state index contributed by atoms with van der Waals surface area (Å²) in [6, 6.07) is 6.41. The third kappa shape index (κ3) is 2.73. The van der Waals surface area contributed by atoms with Gasteiger partial charge < -0.3 is 11.1 Å². The lowest BCUT2D eigenvalue weighted by Crippen LogP contribution is -2.04. The van der Waals surface area contributed by atoms with E-state index in [1.54, 1.807) is 0 Å². The molecule has 100 valence electrons. The highest BCUT2D eigenvalue weighted by Gasteiger charge is 2.17. The van der Waals surface area contributed by atoms with E-state index in [0.717, 1.165) is 6.20 Å². The van der Waals surface area contributed by atoms with Crippen LogP contribution in [-0.4, -0.2) is 14.9 Å². The first kappa shape index (κ1) is 13.5. The maximum absolute atomic E-state index is 10.9. The quantitative estimate of drug-likeness (QED) is 0.654. The van der Waals surface area contributed by atoms with E-state index in [9.17, 15) is 10.1 Å². The number of nitrogens with one attached hydrogen (secondary N) is 1. The molecular weight excluding hydrogens is 284 g/mol. The number of nitrogens with zero attached hydrogens (tertiary/aromatic N) is 4. The van der Waals surface area contributed by atoms with Crippen LogP contribution in [0.25, 0.3) is 0 Å². The molecule has 0 saturated heterocycles. The SMILES string of the molecule is N#Cc1ccc(Cl)c(Nc2nc(N)ncc2[N+](=O)[O-])c1. The number of aromatic nitrogens is 2. The second kappa shape index (κ2) is 5.38. The molecule has 9 heteroatoms. The second-order valence-corrected chi connectivity index (χ2v) is 4.06. The van der Waals surface area contributed by atoms with Gasteiger partial charge in [0.1, 0.15) is 6.20 Å². The number of anilines is 3. The molecule has 2 rings (SSSR count). The molecule has 20 heavy (non-hydrogen) atoms. The van der Waals surface area contributed by atoms with Crippen molar-refractivity contribution in [3.05, 3.63) is 45.1 Å². The molecule has 0 unspecified atom stereocenters. The third-order valence-corrected chi connectivity index (χ3v) is 2.66. The van der Waals surface area contributed by atoms with Crippen LogP contribution in [0.15, 0.2) is 24.4 Å². The highest BCUT2D eigenvalue weighted by Crippen LogP contribution is 2.30. The number of halogens is 1. The molecule has 0 spiro atoms. The smallest absolute Gasteiger partial charge is 0.329 e. The lowest BCUT2D eigenvalue weighted by atomic mass is 10.2. The van der Waals surface area contributed by atoms with Crippen molar-refractivity contribution in [1.29, 1.82) is 5.26 Å². The Bertz CT molecular complexity index is 727. The minimum absolute atomic E-state index is 0.0977. The van der Waals surface area contributed by atoms with Crippen LogP contribution < -0.4 is 11.1 Å². The van der Waals surface area contributed by atoms with Crippen molar-refractivity contribution < 1.29 is 4.92 Å². The van der Waals surface area contributed by atoms with E-state index in [-0.39, 0.29) is 22.5 Å². The number of hydrogen-bond donors (Lipinski definition) is 2. The number of hydrogen-bond acceptors (Lipinski definition) is 7. The van der Waals surface area contributed by atoms with E-state index in [4.69, 9.17) is 22.6 Å². The maximum atomic E-state index is 10.9. The zero-order valence-corrected chi connectivity index (χ0v) is 10.6. The van der Waals surface area contributed by atoms with Gasteiger partial charge in [-0.25, -0.2) is 4.98 Å². The Morgan fingerprint density at radius 2 is 2.25 bits per heavy atom. The molecule has 3 N–H and O–H groups in total. The Balaban J connectivity index is 2.47. The molecule has 0 aliphatic rings. The van der Waals surface area contributed by atoms with Gasteiger partial charge >= 0.3 is 5.69 Å². The largest absolute Gasteiger partial charge is 0.368 e. The van der Waals surface area contributed by atoms with Gasteiger partial charge in [-0.1, -0.05) is 11.6 Å². The van der Waals surface area contributed by atoms with E-state index < -0.39 is 4.92 Å². The van der Waals surface area contributed by atoms with Crippen molar-refractivity contribution in [2.24, 2.45) is 0 Å². The van der Waals surface area contributed by atoms with Crippen molar-refractivity contribution in [3.8, 4) is 6.07 Å². The molecule has 1 heterocycles. The average molecular weight is 291 g/mol. The van der Waals surface area contributed by atoms with Gasteiger partial charge in [-0.15, -0.1) is 0 Å². The zero-order valence-electron chi connectivity index (χ0n) is 9.87. The zero-order chi connectivity index (χ0) is 14.7. The lowest BCUT2D eigenvalue weighted by molar-refractivity contribution is -0.384. The molecule has 8 nitrogen and oxygen atoms in total. The molecule has 1 aromatic heterocycles. The Morgan fingerprint density at radius 3 is 2.90 bits per heavy atom. The van der Waals surface area contributed by atoms with E-state index in [1.807, 2.05) is 6.07 Å². The summed E-state index contributed by atoms with van der Waals surface area (Å²) in [5, 5.41) is 22.7. The van der Waals surface area contributed by atoms with E-state index in [1.165, 1.54) is 18.2 Å². The van der Waals surface area contributed by atoms with Crippen molar-refractivity contribution >= 4 is 34.7 Å². The fourth-order valence-electron chi connectivity index (χ4n) is 1.43. The molecule has 0 saturated carbocycles. The Hall–Kier alpha value is -2.92. The summed E-state index contributed by atoms with van der Waals surface area (Å²) < 4.78 is 0. The van der Waals surface area contributed by atoms with Crippen molar-refractivity contribution in [3.63, 3.8) is 0 Å². The van der Waals surface area contributed by atoms with Crippen LogP contribution in [0.2, 0.25) is 5.02 Å². The van der Waals surface area contributed by atoms with Gasteiger partial charge in [0, 0.05) is 0 Å². The number of nitrogens with two attached hydrogens (primary N) is 1. The predicted octanol–water partition coefficient (Wildman–Crippen LogP) is 2.24. The van der Waals surface area contributed by atoms with Crippen LogP contribution in [0.5, 0.6) is 0 Å². The molecule has 0 amide bonds. The average Bonchev–Trinajstić information content (AvgIpc) is 2.41. The van der Waals surface area contributed by atoms with Gasteiger partial charge in [0.2, 0.25) is 11.8 Å². The molecule has 2 aromatic rings. The summed E-state index contributed by atoms with van der Waals surface area (Å²) >= 11 is 5.96. The highest BCUT2D eigenvalue weighted by atomic mass is 35.5. The molecule has 0 atom stereocenters. The minimum atomic E-state index is -0.649. The Labute approximate surface area is 118 Å². The van der Waals surface area contributed by atoms with Gasteiger partial charge in [-0.3, -0.25) is 10.1 Å². The maximum Gasteiger partial charge on any atom is 0.329 e. The fraction of sp³-hybridized carbons (Fsp3) is 0. The van der Waals surface area contributed by atoms with Crippen LogP contribution in [0.4, 0.5) is 23.1 Å². The summed E-state index contributed by atoms with van der Waals surface area (Å²) in [7, 11) is 0. The van der Waals surface area contributed by atoms with Crippen molar-refractivity contribution in [2.75, 3.05) is 11.1 Å². The summed E-state index contributed by atoms with van der Waals surface area (Å²) in [4.78, 5) is 17.6. The third-order valence-electron chi connectivity index (χ3n) is 2.33. The van der Waals surface area contributed by atoms with Crippen LogP contribution in [0.3, 0.4) is 0 Å². The molecule has 0 aliphatic carbocycles. The van der Waals surface area contributed by atoms with E-state index >= 15 is 0 Å². The Kier molecular flexibility index (Phi) is 3.63. The number of nitriles is 1. The first-order chi connectivity index (χ1) is 9.51. The monoisotopic (exact) mass is 290 g/mol. The Morgan fingerprint density at radius 1 is 1.50 bits per heavy atom. The van der Waals surface area contributed by atoms with Gasteiger partial charge in [0.25, 0.3) is 0 Å². The number of rotatable bonds is 3. The summed E-state index contributed by atoms with van der Waals surface area (Å²) in [5.41, 5.74) is 5.72. The first-order valence-corrected chi connectivity index (χ1v) is 5.62. The van der Waals surface area contributed by atoms with Gasteiger partial charge in [0.05, 0.1) is 27.3 Å².